The van der Waals surface area contributed by atoms with Crippen LogP contribution in [-0.2, 0) is 16.0 Å². The predicted octanol–water partition coefficient (Wildman–Crippen LogP) is 6.83. The molecule has 0 atom stereocenters. The predicted molar refractivity (Wildman–Crippen MR) is 142 cm³/mol. The molecule has 0 saturated carbocycles. The van der Waals surface area contributed by atoms with Gasteiger partial charge in [0.05, 0.1) is 6.61 Å². The number of nitrogens with one attached hydrogen (secondary N) is 2. The lowest BCUT2D eigenvalue weighted by atomic mass is 9.72. The maximum absolute atomic E-state index is 12.0. The second-order valence-corrected chi connectivity index (χ2v) is 10.1. The van der Waals surface area contributed by atoms with Crippen LogP contribution < -0.4 is 5.56 Å². The van der Waals surface area contributed by atoms with E-state index in [1.807, 2.05) is 25.2 Å². The Morgan fingerprint density at radius 2 is 1.97 bits per heavy atom. The minimum Gasteiger partial charge on any atom is -0.463 e. The molecule has 0 fully saturated rings. The standard InChI is InChI=1S/C28H38N2O3S/c1-20(14-15-24-22(3)12-9-16-28(24,4)5)10-8-11-21(2)18-25(31)33-17-7-6-13-23-19-29-27(34)30-26(23)32/h8,10-11,14-15,18-19H,6-7,9,12-13,16-17H2,1-5H3,(H2,29,30,32,34)/b11-8+,15-14+,20-10+,21-18+. The molecule has 184 valence electrons. The summed E-state index contributed by atoms with van der Waals surface area (Å²) in [6.45, 7) is 11.2. The highest BCUT2D eigenvalue weighted by atomic mass is 32.1. The Labute approximate surface area is 208 Å². The van der Waals surface area contributed by atoms with Crippen molar-refractivity contribution in [2.75, 3.05) is 6.61 Å². The first-order chi connectivity index (χ1) is 16.1. The number of aromatic nitrogens is 2. The molecule has 2 N–H and O–H groups in total. The molecule has 0 saturated heterocycles. The molecular weight excluding hydrogens is 444 g/mol. The van der Waals surface area contributed by atoms with Gasteiger partial charge >= 0.3 is 5.97 Å². The zero-order valence-electron chi connectivity index (χ0n) is 21.1. The van der Waals surface area contributed by atoms with Gasteiger partial charge in [-0.2, -0.15) is 0 Å². The van der Waals surface area contributed by atoms with Crippen LogP contribution in [-0.4, -0.2) is 22.5 Å². The zero-order valence-corrected chi connectivity index (χ0v) is 21.9. The summed E-state index contributed by atoms with van der Waals surface area (Å²) in [6.07, 6.45) is 19.2. The quantitative estimate of drug-likeness (QED) is 0.126. The molecule has 1 aliphatic carbocycles. The Kier molecular flexibility index (Phi) is 10.7. The minimum absolute atomic E-state index is 0.170. The summed E-state index contributed by atoms with van der Waals surface area (Å²) < 4.78 is 5.59. The summed E-state index contributed by atoms with van der Waals surface area (Å²) in [6, 6.07) is 0. The van der Waals surface area contributed by atoms with Gasteiger partial charge in [-0.15, -0.1) is 0 Å². The Morgan fingerprint density at radius 3 is 2.68 bits per heavy atom. The van der Waals surface area contributed by atoms with E-state index in [-0.39, 0.29) is 16.9 Å². The zero-order chi connectivity index (χ0) is 25.1. The summed E-state index contributed by atoms with van der Waals surface area (Å²) in [7, 11) is 0. The van der Waals surface area contributed by atoms with Crippen LogP contribution in [0.4, 0.5) is 0 Å². The molecule has 6 heteroatoms. The van der Waals surface area contributed by atoms with Gasteiger partial charge in [-0.05, 0) is 88.1 Å². The van der Waals surface area contributed by atoms with Gasteiger partial charge < -0.3 is 9.72 Å². The first-order valence-corrected chi connectivity index (χ1v) is 12.4. The molecule has 5 nitrogen and oxygen atoms in total. The van der Waals surface area contributed by atoms with E-state index in [0.717, 1.165) is 17.6 Å². The maximum Gasteiger partial charge on any atom is 0.331 e. The van der Waals surface area contributed by atoms with Crippen molar-refractivity contribution in [2.24, 2.45) is 5.41 Å². The van der Waals surface area contributed by atoms with Crippen LogP contribution in [0.5, 0.6) is 0 Å². The highest BCUT2D eigenvalue weighted by Crippen LogP contribution is 2.40. The molecule has 0 aromatic carbocycles. The minimum atomic E-state index is -0.355. The number of esters is 1. The van der Waals surface area contributed by atoms with Crippen molar-refractivity contribution in [2.45, 2.75) is 73.1 Å². The van der Waals surface area contributed by atoms with Crippen LogP contribution in [0.2, 0.25) is 0 Å². The van der Waals surface area contributed by atoms with E-state index >= 15 is 0 Å². The largest absolute Gasteiger partial charge is 0.463 e. The lowest BCUT2D eigenvalue weighted by Gasteiger charge is -2.32. The number of H-pyrrole nitrogens is 2. The van der Waals surface area contributed by atoms with E-state index in [1.165, 1.54) is 36.5 Å². The summed E-state index contributed by atoms with van der Waals surface area (Å²) in [5.74, 6) is -0.355. The number of aryl methyl sites for hydroxylation is 1. The number of aromatic amines is 2. The lowest BCUT2D eigenvalue weighted by Crippen LogP contribution is -2.19. The number of unbranched alkanes of at least 4 members (excludes halogenated alkanes) is 1. The number of carbonyl (C=O) groups is 1. The van der Waals surface area contributed by atoms with Crippen molar-refractivity contribution in [3.05, 3.63) is 85.6 Å². The second-order valence-electron chi connectivity index (χ2n) is 9.64. The van der Waals surface area contributed by atoms with Crippen molar-refractivity contribution in [3.8, 4) is 0 Å². The van der Waals surface area contributed by atoms with E-state index in [0.29, 0.717) is 29.8 Å². The Morgan fingerprint density at radius 1 is 1.21 bits per heavy atom. The van der Waals surface area contributed by atoms with Gasteiger partial charge in [0.15, 0.2) is 4.77 Å². The summed E-state index contributed by atoms with van der Waals surface area (Å²) >= 11 is 4.88. The van der Waals surface area contributed by atoms with Crippen molar-refractivity contribution in [1.29, 1.82) is 0 Å². The smallest absolute Gasteiger partial charge is 0.331 e. The number of hydrogen-bond donors (Lipinski definition) is 2. The first kappa shape index (κ1) is 27.5. The molecule has 2 rings (SSSR count). The van der Waals surface area contributed by atoms with Crippen LogP contribution in [0.15, 0.2) is 69.7 Å². The normalized spacial score (nSPS) is 17.1. The van der Waals surface area contributed by atoms with Gasteiger partial charge in [-0.25, -0.2) is 4.79 Å². The Bertz CT molecular complexity index is 1130. The van der Waals surface area contributed by atoms with E-state index in [2.05, 4.69) is 49.8 Å². The van der Waals surface area contributed by atoms with E-state index in [1.54, 1.807) is 6.20 Å². The van der Waals surface area contributed by atoms with Crippen molar-refractivity contribution in [3.63, 3.8) is 0 Å². The fourth-order valence-corrected chi connectivity index (χ4v) is 4.27. The maximum atomic E-state index is 12.0. The van der Waals surface area contributed by atoms with Crippen LogP contribution in [0.1, 0.15) is 72.3 Å². The third-order valence-corrected chi connectivity index (χ3v) is 6.32. The molecule has 1 aromatic rings. The molecule has 0 amide bonds. The number of rotatable bonds is 10. The van der Waals surface area contributed by atoms with Crippen molar-refractivity contribution >= 4 is 18.2 Å². The first-order valence-electron chi connectivity index (χ1n) is 12.0. The highest BCUT2D eigenvalue weighted by molar-refractivity contribution is 7.71. The summed E-state index contributed by atoms with van der Waals surface area (Å²) in [5.41, 5.74) is 5.65. The molecule has 1 aliphatic rings. The van der Waals surface area contributed by atoms with E-state index < -0.39 is 0 Å². The lowest BCUT2D eigenvalue weighted by molar-refractivity contribution is -0.137. The van der Waals surface area contributed by atoms with Crippen LogP contribution in [0.25, 0.3) is 0 Å². The van der Waals surface area contributed by atoms with Crippen molar-refractivity contribution in [1.82, 2.24) is 9.97 Å². The number of carbonyl (C=O) groups excluding carboxylic acids is 1. The van der Waals surface area contributed by atoms with Crippen molar-refractivity contribution < 1.29 is 9.53 Å². The fourth-order valence-electron chi connectivity index (χ4n) is 4.12. The number of hydrogen-bond acceptors (Lipinski definition) is 4. The van der Waals surface area contributed by atoms with Gasteiger partial charge in [-0.1, -0.05) is 55.4 Å². The summed E-state index contributed by atoms with van der Waals surface area (Å²) in [5, 5.41) is 0. The van der Waals surface area contributed by atoms with Crippen LogP contribution in [0, 0.1) is 10.2 Å². The number of allylic oxidation sites excluding steroid dienone is 9. The van der Waals surface area contributed by atoms with E-state index in [9.17, 15) is 9.59 Å². The number of ether oxygens (including phenoxy) is 1. The third-order valence-electron chi connectivity index (χ3n) is 6.10. The van der Waals surface area contributed by atoms with E-state index in [4.69, 9.17) is 17.0 Å². The molecule has 0 aliphatic heterocycles. The van der Waals surface area contributed by atoms with Gasteiger partial charge in [0.2, 0.25) is 0 Å². The van der Waals surface area contributed by atoms with Crippen LogP contribution in [0.3, 0.4) is 0 Å². The molecule has 34 heavy (non-hydrogen) atoms. The second kappa shape index (κ2) is 13.2. The Balaban J connectivity index is 1.77. The molecule has 0 unspecified atom stereocenters. The molecular formula is C28H38N2O3S. The summed E-state index contributed by atoms with van der Waals surface area (Å²) in [4.78, 5) is 29.2. The molecule has 1 aromatic heterocycles. The fraction of sp³-hybridized carbons (Fsp3) is 0.464. The molecule has 0 radical (unpaired) electrons. The average Bonchev–Trinajstić information content (AvgIpc) is 2.74. The van der Waals surface area contributed by atoms with Gasteiger partial charge in [0.1, 0.15) is 0 Å². The average molecular weight is 483 g/mol. The molecule has 0 spiro atoms. The monoisotopic (exact) mass is 482 g/mol. The Hall–Kier alpha value is -2.73. The highest BCUT2D eigenvalue weighted by Gasteiger charge is 2.26. The topological polar surface area (TPSA) is 75.0 Å². The molecule has 0 bridgehead atoms. The third kappa shape index (κ3) is 9.26. The molecule has 1 heterocycles. The van der Waals surface area contributed by atoms with Gasteiger partial charge in [-0.3, -0.25) is 9.78 Å². The van der Waals surface area contributed by atoms with Crippen LogP contribution >= 0.6 is 12.2 Å². The van der Waals surface area contributed by atoms with Gasteiger partial charge in [0.25, 0.3) is 5.56 Å². The SMILES string of the molecule is CC1=C(/C=C/C(C)=C/C=C/C(C)=C/C(=O)OCCCCc2c[nH]c(=S)[nH]c2=O)C(C)(C)CCC1. The van der Waals surface area contributed by atoms with Gasteiger partial charge in [0, 0.05) is 17.8 Å².